The summed E-state index contributed by atoms with van der Waals surface area (Å²) in [5, 5.41) is 2.43. The van der Waals surface area contributed by atoms with E-state index in [1.165, 1.54) is 0 Å². The maximum Gasteiger partial charge on any atom is 0.295 e. The van der Waals surface area contributed by atoms with Crippen molar-refractivity contribution in [1.82, 2.24) is 0 Å². The molecule has 0 atom stereocenters. The van der Waals surface area contributed by atoms with E-state index in [1.54, 1.807) is 18.3 Å². The van der Waals surface area contributed by atoms with Crippen LogP contribution in [0, 0.1) is 0 Å². The normalized spacial score (nSPS) is 8.80. The molecule has 0 aliphatic heterocycles. The second-order valence-corrected chi connectivity index (χ2v) is 1.80. The molecule has 1 heterocycles. The summed E-state index contributed by atoms with van der Waals surface area (Å²) in [6.07, 6.45) is 2.24. The number of carbonyl (C=O) groups excluding carboxylic acids is 1. The lowest BCUT2D eigenvalue weighted by Gasteiger charge is -1.90. The molecule has 4 N–H and O–H groups in total. The highest BCUT2D eigenvalue weighted by Gasteiger charge is 1.96. The van der Waals surface area contributed by atoms with Crippen molar-refractivity contribution in [3.63, 3.8) is 0 Å². The molecular weight excluding hydrogens is 130 g/mol. The first-order valence-electron chi connectivity index (χ1n) is 2.80. The van der Waals surface area contributed by atoms with Gasteiger partial charge in [-0.15, -0.1) is 0 Å². The summed E-state index contributed by atoms with van der Waals surface area (Å²) in [5.41, 5.74) is 6.03. The van der Waals surface area contributed by atoms with Crippen LogP contribution < -0.4 is 16.0 Å². The van der Waals surface area contributed by atoms with Crippen molar-refractivity contribution in [3.8, 4) is 0 Å². The fraction of sp³-hybridized carbons (Fsp3) is 0. The molecule has 0 aliphatic rings. The van der Waals surface area contributed by atoms with E-state index in [0.717, 1.165) is 0 Å². The van der Waals surface area contributed by atoms with E-state index in [-0.39, 0.29) is 0 Å². The quantitative estimate of drug-likeness (QED) is 0.548. The minimum Gasteiger partial charge on any atom is -0.398 e. The summed E-state index contributed by atoms with van der Waals surface area (Å²) < 4.78 is 0. The second-order valence-electron chi connectivity index (χ2n) is 1.80. The van der Waals surface area contributed by atoms with Crippen molar-refractivity contribution in [2.75, 3.05) is 11.1 Å². The van der Waals surface area contributed by atoms with E-state index >= 15 is 0 Å². The van der Waals surface area contributed by atoms with E-state index in [9.17, 15) is 4.79 Å². The number of amides is 1. The summed E-state index contributed by atoms with van der Waals surface area (Å²) in [7, 11) is 0. The number of rotatable bonds is 2. The largest absolute Gasteiger partial charge is 0.398 e. The first-order chi connectivity index (χ1) is 4.83. The van der Waals surface area contributed by atoms with Crippen LogP contribution in [-0.2, 0) is 4.79 Å². The molecule has 1 aromatic rings. The molecular formula is C6H8N3O+. The number of nitrogens with one attached hydrogen (secondary N) is 2. The molecule has 0 saturated carbocycles. The summed E-state index contributed by atoms with van der Waals surface area (Å²) in [6.45, 7) is 0. The minimum atomic E-state index is 0.589. The third-order valence-corrected chi connectivity index (χ3v) is 1.04. The lowest BCUT2D eigenvalue weighted by molar-refractivity contribution is -0.360. The van der Waals surface area contributed by atoms with Gasteiger partial charge in [0.2, 0.25) is 0 Å². The molecule has 0 saturated heterocycles. The maximum atomic E-state index is 9.91. The van der Waals surface area contributed by atoms with Gasteiger partial charge in [0.1, 0.15) is 0 Å². The van der Waals surface area contributed by atoms with E-state index in [2.05, 4.69) is 10.3 Å². The molecule has 0 aromatic carbocycles. The summed E-state index contributed by atoms with van der Waals surface area (Å²) in [6, 6.07) is 3.34. The molecule has 0 aliphatic carbocycles. The number of aromatic amines is 1. The number of aromatic nitrogens is 1. The number of hydrogen-bond acceptors (Lipinski definition) is 2. The molecule has 4 nitrogen and oxygen atoms in total. The monoisotopic (exact) mass is 138 g/mol. The SMILES string of the molecule is Nc1cc[nH+]c(NC=O)c1. The molecule has 0 bridgehead atoms. The Morgan fingerprint density at radius 2 is 2.50 bits per heavy atom. The van der Waals surface area contributed by atoms with Gasteiger partial charge in [0.05, 0.1) is 12.3 Å². The highest BCUT2D eigenvalue weighted by molar-refractivity contribution is 5.68. The van der Waals surface area contributed by atoms with Crippen LogP contribution in [0.5, 0.6) is 0 Å². The lowest BCUT2D eigenvalue weighted by Crippen LogP contribution is -2.11. The van der Waals surface area contributed by atoms with E-state index < -0.39 is 0 Å². The third kappa shape index (κ3) is 1.45. The number of hydrogen-bond donors (Lipinski definition) is 2. The van der Waals surface area contributed by atoms with Crippen LogP contribution in [0.1, 0.15) is 0 Å². The zero-order valence-corrected chi connectivity index (χ0v) is 5.29. The van der Waals surface area contributed by atoms with Gasteiger partial charge in [-0.1, -0.05) is 0 Å². The molecule has 1 rings (SSSR count). The lowest BCUT2D eigenvalue weighted by atomic mass is 10.4. The molecule has 0 radical (unpaired) electrons. The van der Waals surface area contributed by atoms with Crippen LogP contribution in [0.15, 0.2) is 18.3 Å². The van der Waals surface area contributed by atoms with Gasteiger partial charge in [-0.25, -0.2) is 10.3 Å². The smallest absolute Gasteiger partial charge is 0.295 e. The molecule has 0 fully saturated rings. The Morgan fingerprint density at radius 1 is 1.70 bits per heavy atom. The highest BCUT2D eigenvalue weighted by atomic mass is 16.1. The van der Waals surface area contributed by atoms with Gasteiger partial charge < -0.3 is 5.73 Å². The van der Waals surface area contributed by atoms with Crippen LogP contribution in [0.2, 0.25) is 0 Å². The second kappa shape index (κ2) is 2.82. The standard InChI is InChI=1S/C6H7N3O/c7-5-1-2-8-6(3-5)9-4-10/h1-4H,(H3,7,8,9,10)/p+1. The maximum absolute atomic E-state index is 9.91. The molecule has 1 aromatic heterocycles. The van der Waals surface area contributed by atoms with Gasteiger partial charge in [-0.05, 0) is 0 Å². The van der Waals surface area contributed by atoms with Crippen molar-refractivity contribution in [2.24, 2.45) is 0 Å². The van der Waals surface area contributed by atoms with Crippen molar-refractivity contribution >= 4 is 17.9 Å². The Bertz CT molecular complexity index is 236. The zero-order chi connectivity index (χ0) is 7.40. The molecule has 52 valence electrons. The van der Waals surface area contributed by atoms with Gasteiger partial charge >= 0.3 is 0 Å². The summed E-state index contributed by atoms with van der Waals surface area (Å²) in [5.74, 6) is 0.593. The van der Waals surface area contributed by atoms with Gasteiger partial charge in [-0.2, -0.15) is 0 Å². The first kappa shape index (κ1) is 6.54. The van der Waals surface area contributed by atoms with E-state index in [0.29, 0.717) is 17.9 Å². The Morgan fingerprint density at radius 3 is 3.10 bits per heavy atom. The topological polar surface area (TPSA) is 69.3 Å². The summed E-state index contributed by atoms with van der Waals surface area (Å²) >= 11 is 0. The van der Waals surface area contributed by atoms with Gasteiger partial charge in [0, 0.05) is 11.8 Å². The highest BCUT2D eigenvalue weighted by Crippen LogP contribution is 2.01. The average molecular weight is 138 g/mol. The van der Waals surface area contributed by atoms with E-state index in [1.807, 2.05) is 0 Å². The van der Waals surface area contributed by atoms with E-state index in [4.69, 9.17) is 5.73 Å². The minimum absolute atomic E-state index is 0.589. The number of anilines is 2. The average Bonchev–Trinajstić information content (AvgIpc) is 1.88. The predicted octanol–water partition coefficient (Wildman–Crippen LogP) is -0.349. The summed E-state index contributed by atoms with van der Waals surface area (Å²) in [4.78, 5) is 12.7. The Labute approximate surface area is 58.1 Å². The Hall–Kier alpha value is -1.58. The van der Waals surface area contributed by atoms with Crippen LogP contribution in [0.25, 0.3) is 0 Å². The van der Waals surface area contributed by atoms with Crippen LogP contribution in [0.4, 0.5) is 11.5 Å². The predicted molar refractivity (Wildman–Crippen MR) is 37.1 cm³/mol. The van der Waals surface area contributed by atoms with Crippen molar-refractivity contribution in [1.29, 1.82) is 0 Å². The zero-order valence-electron chi connectivity index (χ0n) is 5.29. The van der Waals surface area contributed by atoms with Crippen molar-refractivity contribution in [2.45, 2.75) is 0 Å². The van der Waals surface area contributed by atoms with Crippen molar-refractivity contribution in [3.05, 3.63) is 18.3 Å². The Kier molecular flexibility index (Phi) is 1.84. The number of pyridine rings is 1. The van der Waals surface area contributed by atoms with Crippen LogP contribution >= 0.6 is 0 Å². The van der Waals surface area contributed by atoms with Crippen molar-refractivity contribution < 1.29 is 9.78 Å². The first-order valence-corrected chi connectivity index (χ1v) is 2.80. The number of H-pyrrole nitrogens is 1. The molecule has 0 unspecified atom stereocenters. The van der Waals surface area contributed by atoms with Crippen LogP contribution in [0.3, 0.4) is 0 Å². The van der Waals surface area contributed by atoms with Gasteiger partial charge in [0.25, 0.3) is 12.2 Å². The number of carbonyl (C=O) groups is 1. The number of nitrogen functional groups attached to an aromatic ring is 1. The fourth-order valence-electron chi connectivity index (χ4n) is 0.631. The molecule has 10 heavy (non-hydrogen) atoms. The fourth-order valence-corrected chi connectivity index (χ4v) is 0.631. The van der Waals surface area contributed by atoms with Gasteiger partial charge in [-0.3, -0.25) is 4.79 Å². The molecule has 0 spiro atoms. The molecule has 4 heteroatoms. The third-order valence-electron chi connectivity index (χ3n) is 1.04. The number of nitrogens with two attached hydrogens (primary N) is 1. The Balaban J connectivity index is 2.84. The molecule has 1 amide bonds. The van der Waals surface area contributed by atoms with Gasteiger partial charge in [0.15, 0.2) is 0 Å². The van der Waals surface area contributed by atoms with Crippen LogP contribution in [-0.4, -0.2) is 6.41 Å².